The number of rotatable bonds is 9. The van der Waals surface area contributed by atoms with Crippen molar-refractivity contribution in [3.8, 4) is 17.2 Å². The van der Waals surface area contributed by atoms with Crippen molar-refractivity contribution >= 4 is 21.4 Å². The van der Waals surface area contributed by atoms with E-state index in [2.05, 4.69) is 15.3 Å². The summed E-state index contributed by atoms with van der Waals surface area (Å²) in [4.78, 5) is 20.5. The Balaban J connectivity index is 1.86. The number of ether oxygens (including phenoxy) is 3. The number of carbonyl (C=O) groups is 1. The monoisotopic (exact) mass is 457 g/mol. The first-order valence-electron chi connectivity index (χ1n) is 9.60. The van der Waals surface area contributed by atoms with Crippen LogP contribution in [0.3, 0.4) is 0 Å². The highest BCUT2D eigenvalue weighted by molar-refractivity contribution is 7.90. The normalized spacial score (nSPS) is 12.1. The molecule has 1 aromatic heterocycles. The third-order valence-corrected chi connectivity index (χ3v) is 5.29. The first-order chi connectivity index (χ1) is 15.2. The molecule has 0 bridgehead atoms. The van der Waals surface area contributed by atoms with Gasteiger partial charge in [0.2, 0.25) is 0 Å². The van der Waals surface area contributed by atoms with Crippen LogP contribution in [-0.4, -0.2) is 50.4 Å². The molecule has 1 heterocycles. The second-order valence-electron chi connectivity index (χ2n) is 6.97. The largest absolute Gasteiger partial charge is 0.488 e. The van der Waals surface area contributed by atoms with E-state index in [9.17, 15) is 13.2 Å². The zero-order chi connectivity index (χ0) is 23.1. The SMILES string of the molecule is COC[C@H](C)Oc1cc(NC(=O)c2cnccn2)cc(Oc2ccc(S(C)(=O)=O)cc2)c1. The topological polar surface area (TPSA) is 117 Å². The van der Waals surface area contributed by atoms with Crippen molar-refractivity contribution in [2.75, 3.05) is 25.3 Å². The minimum Gasteiger partial charge on any atom is -0.488 e. The van der Waals surface area contributed by atoms with Gasteiger partial charge in [0.25, 0.3) is 5.91 Å². The molecule has 10 heteroatoms. The maximum Gasteiger partial charge on any atom is 0.275 e. The fraction of sp³-hybridized carbons (Fsp3) is 0.227. The number of nitrogens with one attached hydrogen (secondary N) is 1. The standard InChI is InChI=1S/C22H23N3O6S/c1-15(14-29-2)30-18-10-16(25-22(26)21-13-23-8-9-24-21)11-19(12-18)31-17-4-6-20(7-5-17)32(3,27)28/h4-13,15H,14H2,1-3H3,(H,25,26)/t15-/m0/s1. The Morgan fingerprint density at radius 3 is 2.41 bits per heavy atom. The van der Waals surface area contributed by atoms with Crippen molar-refractivity contribution in [3.63, 3.8) is 0 Å². The molecule has 0 spiro atoms. The molecule has 1 N–H and O–H groups in total. The van der Waals surface area contributed by atoms with Crippen LogP contribution >= 0.6 is 0 Å². The molecule has 0 unspecified atom stereocenters. The lowest BCUT2D eigenvalue weighted by atomic mass is 10.2. The fourth-order valence-corrected chi connectivity index (χ4v) is 3.40. The molecule has 0 saturated carbocycles. The molecule has 168 valence electrons. The van der Waals surface area contributed by atoms with E-state index in [0.29, 0.717) is 29.5 Å². The van der Waals surface area contributed by atoms with Gasteiger partial charge >= 0.3 is 0 Å². The Morgan fingerprint density at radius 2 is 1.78 bits per heavy atom. The van der Waals surface area contributed by atoms with Crippen molar-refractivity contribution in [2.24, 2.45) is 0 Å². The summed E-state index contributed by atoms with van der Waals surface area (Å²) in [6.45, 7) is 2.22. The molecule has 32 heavy (non-hydrogen) atoms. The van der Waals surface area contributed by atoms with Gasteiger partial charge in [-0.1, -0.05) is 0 Å². The van der Waals surface area contributed by atoms with Crippen LogP contribution in [0.5, 0.6) is 17.2 Å². The highest BCUT2D eigenvalue weighted by Gasteiger charge is 2.13. The summed E-state index contributed by atoms with van der Waals surface area (Å²) < 4.78 is 40.1. The molecule has 0 saturated heterocycles. The average molecular weight is 458 g/mol. The number of anilines is 1. The maximum absolute atomic E-state index is 12.5. The molecule has 0 fully saturated rings. The van der Waals surface area contributed by atoms with E-state index in [-0.39, 0.29) is 16.7 Å². The average Bonchev–Trinajstić information content (AvgIpc) is 2.74. The zero-order valence-corrected chi connectivity index (χ0v) is 18.6. The number of benzene rings is 2. The van der Waals surface area contributed by atoms with Crippen LogP contribution in [0.2, 0.25) is 0 Å². The summed E-state index contributed by atoms with van der Waals surface area (Å²) in [7, 11) is -1.74. The molecular formula is C22H23N3O6S. The first-order valence-corrected chi connectivity index (χ1v) is 11.5. The van der Waals surface area contributed by atoms with Crippen molar-refractivity contribution in [3.05, 3.63) is 66.7 Å². The van der Waals surface area contributed by atoms with Gasteiger partial charge in [-0.3, -0.25) is 9.78 Å². The van der Waals surface area contributed by atoms with Gasteiger partial charge in [-0.05, 0) is 31.2 Å². The lowest BCUT2D eigenvalue weighted by molar-refractivity contribution is 0.0920. The van der Waals surface area contributed by atoms with E-state index in [1.807, 2.05) is 6.92 Å². The van der Waals surface area contributed by atoms with Crippen LogP contribution in [0.4, 0.5) is 5.69 Å². The third-order valence-electron chi connectivity index (χ3n) is 4.16. The van der Waals surface area contributed by atoms with Gasteiger partial charge in [0.1, 0.15) is 29.0 Å². The smallest absolute Gasteiger partial charge is 0.275 e. The summed E-state index contributed by atoms with van der Waals surface area (Å²) >= 11 is 0. The van der Waals surface area contributed by atoms with Crippen molar-refractivity contribution in [1.29, 1.82) is 0 Å². The number of sulfone groups is 1. The molecule has 3 aromatic rings. The van der Waals surface area contributed by atoms with Gasteiger partial charge in [0.05, 0.1) is 17.7 Å². The number of hydrogen-bond acceptors (Lipinski definition) is 8. The summed E-state index contributed by atoms with van der Waals surface area (Å²) in [5.41, 5.74) is 0.580. The summed E-state index contributed by atoms with van der Waals surface area (Å²) in [6, 6.07) is 11.0. The maximum atomic E-state index is 12.5. The Labute approximate surface area is 186 Å². The molecule has 2 aromatic carbocycles. The van der Waals surface area contributed by atoms with Gasteiger partial charge in [0, 0.05) is 49.6 Å². The van der Waals surface area contributed by atoms with Crippen LogP contribution < -0.4 is 14.8 Å². The van der Waals surface area contributed by atoms with E-state index < -0.39 is 15.7 Å². The predicted octanol–water partition coefficient (Wildman–Crippen LogP) is 3.34. The molecule has 0 radical (unpaired) electrons. The van der Waals surface area contributed by atoms with Crippen LogP contribution in [0.1, 0.15) is 17.4 Å². The lowest BCUT2D eigenvalue weighted by Crippen LogP contribution is -2.18. The number of amides is 1. The minimum atomic E-state index is -3.31. The van der Waals surface area contributed by atoms with Gasteiger partial charge < -0.3 is 19.5 Å². The number of nitrogens with zero attached hydrogens (tertiary/aromatic N) is 2. The number of aromatic nitrogens is 2. The summed E-state index contributed by atoms with van der Waals surface area (Å²) in [6.07, 6.45) is 5.15. The van der Waals surface area contributed by atoms with E-state index in [4.69, 9.17) is 14.2 Å². The highest BCUT2D eigenvalue weighted by atomic mass is 32.2. The van der Waals surface area contributed by atoms with Crippen LogP contribution in [0.25, 0.3) is 0 Å². The van der Waals surface area contributed by atoms with Gasteiger partial charge in [-0.2, -0.15) is 0 Å². The second kappa shape index (κ2) is 10.2. The van der Waals surface area contributed by atoms with E-state index in [1.54, 1.807) is 37.4 Å². The molecule has 9 nitrogen and oxygen atoms in total. The fourth-order valence-electron chi connectivity index (χ4n) is 2.77. The van der Waals surface area contributed by atoms with Crippen molar-refractivity contribution in [1.82, 2.24) is 9.97 Å². The van der Waals surface area contributed by atoms with E-state index in [1.165, 1.54) is 30.7 Å². The molecule has 3 rings (SSSR count). The minimum absolute atomic E-state index is 0.158. The number of hydrogen-bond donors (Lipinski definition) is 1. The first kappa shape index (κ1) is 23.2. The molecule has 0 aliphatic carbocycles. The Hall–Kier alpha value is -3.50. The van der Waals surface area contributed by atoms with Crippen LogP contribution in [0, 0.1) is 0 Å². The van der Waals surface area contributed by atoms with Crippen LogP contribution in [0.15, 0.2) is 66.0 Å². The van der Waals surface area contributed by atoms with E-state index >= 15 is 0 Å². The van der Waals surface area contributed by atoms with Crippen molar-refractivity contribution < 1.29 is 27.4 Å². The highest BCUT2D eigenvalue weighted by Crippen LogP contribution is 2.31. The molecule has 0 aliphatic heterocycles. The lowest BCUT2D eigenvalue weighted by Gasteiger charge is -2.16. The van der Waals surface area contributed by atoms with Gasteiger partial charge in [-0.25, -0.2) is 13.4 Å². The Kier molecular flexibility index (Phi) is 7.39. The number of methoxy groups -OCH3 is 1. The Morgan fingerprint density at radius 1 is 1.06 bits per heavy atom. The van der Waals surface area contributed by atoms with Gasteiger partial charge in [0.15, 0.2) is 9.84 Å². The molecule has 0 aliphatic rings. The molecule has 1 amide bonds. The zero-order valence-electron chi connectivity index (χ0n) is 17.8. The summed E-state index contributed by atoms with van der Waals surface area (Å²) in [5.74, 6) is 0.817. The molecular weight excluding hydrogens is 434 g/mol. The van der Waals surface area contributed by atoms with E-state index in [0.717, 1.165) is 6.26 Å². The van der Waals surface area contributed by atoms with Gasteiger partial charge in [-0.15, -0.1) is 0 Å². The third kappa shape index (κ3) is 6.50. The number of carbonyl (C=O) groups excluding carboxylic acids is 1. The Bertz CT molecular complexity index is 1170. The quantitative estimate of drug-likeness (QED) is 0.520. The second-order valence-corrected chi connectivity index (χ2v) is 8.98. The van der Waals surface area contributed by atoms with Crippen LogP contribution in [-0.2, 0) is 14.6 Å². The van der Waals surface area contributed by atoms with Crippen molar-refractivity contribution in [2.45, 2.75) is 17.9 Å². The predicted molar refractivity (Wildman–Crippen MR) is 118 cm³/mol. The molecule has 1 atom stereocenters. The summed E-state index contributed by atoms with van der Waals surface area (Å²) in [5, 5.41) is 2.75.